The average Bonchev–Trinajstić information content (AvgIpc) is 3.17. The summed E-state index contributed by atoms with van der Waals surface area (Å²) in [6.07, 6.45) is -3.81. The number of methoxy groups -OCH3 is 2. The van der Waals surface area contributed by atoms with Crippen molar-refractivity contribution in [2.45, 2.75) is 24.9 Å². The molecule has 1 aliphatic rings. The van der Waals surface area contributed by atoms with E-state index in [9.17, 15) is 18.0 Å². The molecule has 0 atom stereocenters. The van der Waals surface area contributed by atoms with Crippen LogP contribution in [-0.4, -0.2) is 48.3 Å². The van der Waals surface area contributed by atoms with E-state index in [0.29, 0.717) is 43.0 Å². The molecule has 146 valence electrons. The van der Waals surface area contributed by atoms with Crippen molar-refractivity contribution in [3.63, 3.8) is 0 Å². The molecule has 2 heterocycles. The Hall–Kier alpha value is -2.78. The van der Waals surface area contributed by atoms with Crippen LogP contribution in [0, 0.1) is 0 Å². The number of ether oxygens (including phenoxy) is 2. The number of para-hydroxylation sites is 1. The van der Waals surface area contributed by atoms with E-state index in [4.69, 9.17) is 13.9 Å². The van der Waals surface area contributed by atoms with Crippen molar-refractivity contribution in [3.05, 3.63) is 35.5 Å². The monoisotopic (exact) mass is 385 g/mol. The van der Waals surface area contributed by atoms with Gasteiger partial charge < -0.3 is 18.8 Å². The first-order valence-electron chi connectivity index (χ1n) is 8.26. The van der Waals surface area contributed by atoms with Crippen LogP contribution in [0.15, 0.2) is 22.6 Å². The van der Waals surface area contributed by atoms with Gasteiger partial charge in [0.25, 0.3) is 5.91 Å². The van der Waals surface area contributed by atoms with Gasteiger partial charge in [-0.1, -0.05) is 6.07 Å². The fourth-order valence-electron chi connectivity index (χ4n) is 3.07. The highest BCUT2D eigenvalue weighted by Gasteiger charge is 2.39. The minimum absolute atomic E-state index is 0.0478. The summed E-state index contributed by atoms with van der Waals surface area (Å²) in [6, 6.07) is 5.03. The molecule has 0 saturated carbocycles. The minimum Gasteiger partial charge on any atom is -0.493 e. The molecule has 27 heavy (non-hydrogen) atoms. The van der Waals surface area contributed by atoms with Crippen LogP contribution < -0.4 is 9.47 Å². The summed E-state index contributed by atoms with van der Waals surface area (Å²) in [5.74, 6) is -1.15. The van der Waals surface area contributed by atoms with Crippen LogP contribution >= 0.6 is 0 Å². The van der Waals surface area contributed by atoms with E-state index < -0.39 is 12.1 Å². The van der Waals surface area contributed by atoms with E-state index >= 15 is 0 Å². The first kappa shape index (κ1) is 19.0. The van der Waals surface area contributed by atoms with Crippen LogP contribution in [0.5, 0.6) is 11.5 Å². The SMILES string of the molecule is COc1cccc(C(=O)N2CCC(c3nnc(C(F)(F)F)o3)CC2)c1OC. The maximum absolute atomic E-state index is 12.8. The van der Waals surface area contributed by atoms with Gasteiger partial charge in [-0.15, -0.1) is 10.2 Å². The van der Waals surface area contributed by atoms with Gasteiger partial charge in [0.2, 0.25) is 5.89 Å². The van der Waals surface area contributed by atoms with Crippen LogP contribution in [0.4, 0.5) is 13.2 Å². The molecule has 0 unspecified atom stereocenters. The van der Waals surface area contributed by atoms with E-state index in [1.54, 1.807) is 23.1 Å². The third kappa shape index (κ3) is 3.83. The smallest absolute Gasteiger partial charge is 0.470 e. The molecule has 0 radical (unpaired) electrons. The Bertz CT molecular complexity index is 814. The number of benzene rings is 1. The molecule has 0 bridgehead atoms. The number of piperidine rings is 1. The van der Waals surface area contributed by atoms with Gasteiger partial charge in [0, 0.05) is 19.0 Å². The number of carbonyl (C=O) groups excluding carboxylic acids is 1. The van der Waals surface area contributed by atoms with E-state index in [1.165, 1.54) is 14.2 Å². The Morgan fingerprint density at radius 3 is 2.44 bits per heavy atom. The third-order valence-corrected chi connectivity index (χ3v) is 4.45. The molecule has 1 aliphatic heterocycles. The lowest BCUT2D eigenvalue weighted by atomic mass is 9.96. The molecule has 7 nitrogen and oxygen atoms in total. The predicted octanol–water partition coefficient (Wildman–Crippen LogP) is 3.13. The van der Waals surface area contributed by atoms with Crippen LogP contribution in [0.2, 0.25) is 0 Å². The van der Waals surface area contributed by atoms with Gasteiger partial charge in [0.15, 0.2) is 11.5 Å². The average molecular weight is 385 g/mol. The van der Waals surface area contributed by atoms with E-state index in [2.05, 4.69) is 10.2 Å². The molecule has 10 heteroatoms. The van der Waals surface area contributed by atoms with Crippen molar-refractivity contribution >= 4 is 5.91 Å². The summed E-state index contributed by atoms with van der Waals surface area (Å²) in [7, 11) is 2.94. The highest BCUT2D eigenvalue weighted by molar-refractivity contribution is 5.97. The van der Waals surface area contributed by atoms with Gasteiger partial charge in [-0.25, -0.2) is 0 Å². The molecule has 1 amide bonds. The zero-order valence-corrected chi connectivity index (χ0v) is 14.7. The van der Waals surface area contributed by atoms with Crippen molar-refractivity contribution in [1.29, 1.82) is 0 Å². The summed E-state index contributed by atoms with van der Waals surface area (Å²) < 4.78 is 53.0. The number of alkyl halides is 3. The van der Waals surface area contributed by atoms with Crippen LogP contribution in [0.3, 0.4) is 0 Å². The number of carbonyl (C=O) groups is 1. The van der Waals surface area contributed by atoms with Crippen molar-refractivity contribution in [3.8, 4) is 11.5 Å². The Labute approximate surface area is 153 Å². The fraction of sp³-hybridized carbons (Fsp3) is 0.471. The third-order valence-electron chi connectivity index (χ3n) is 4.45. The minimum atomic E-state index is -4.66. The van der Waals surface area contributed by atoms with E-state index in [-0.39, 0.29) is 17.7 Å². The number of nitrogens with zero attached hydrogens (tertiary/aromatic N) is 3. The molecule has 3 rings (SSSR count). The van der Waals surface area contributed by atoms with Gasteiger partial charge in [0.1, 0.15) is 0 Å². The zero-order chi connectivity index (χ0) is 19.6. The number of halogens is 3. The normalized spacial score (nSPS) is 15.7. The number of aromatic nitrogens is 2. The second-order valence-corrected chi connectivity index (χ2v) is 6.05. The van der Waals surface area contributed by atoms with Gasteiger partial charge in [0.05, 0.1) is 19.8 Å². The van der Waals surface area contributed by atoms with E-state index in [1.807, 2.05) is 0 Å². The fourth-order valence-corrected chi connectivity index (χ4v) is 3.07. The zero-order valence-electron chi connectivity index (χ0n) is 14.7. The Kier molecular flexibility index (Phi) is 5.24. The van der Waals surface area contributed by atoms with Crippen LogP contribution in [0.25, 0.3) is 0 Å². The summed E-state index contributed by atoms with van der Waals surface area (Å²) in [5.41, 5.74) is 0.368. The Morgan fingerprint density at radius 1 is 1.19 bits per heavy atom. The highest BCUT2D eigenvalue weighted by atomic mass is 19.4. The largest absolute Gasteiger partial charge is 0.493 e. The van der Waals surface area contributed by atoms with Crippen molar-refractivity contribution < 1.29 is 31.9 Å². The van der Waals surface area contributed by atoms with Gasteiger partial charge in [-0.2, -0.15) is 13.2 Å². The van der Waals surface area contributed by atoms with E-state index in [0.717, 1.165) is 0 Å². The second kappa shape index (κ2) is 7.45. The topological polar surface area (TPSA) is 77.7 Å². The Morgan fingerprint density at radius 2 is 1.89 bits per heavy atom. The van der Waals surface area contributed by atoms with Crippen LogP contribution in [-0.2, 0) is 6.18 Å². The molecule has 1 aromatic carbocycles. The first-order valence-corrected chi connectivity index (χ1v) is 8.26. The molecule has 1 aromatic heterocycles. The molecule has 0 aliphatic carbocycles. The molecule has 0 N–H and O–H groups in total. The number of amides is 1. The number of hydrogen-bond acceptors (Lipinski definition) is 6. The number of rotatable bonds is 4. The summed E-state index contributed by atoms with van der Waals surface area (Å²) in [5, 5.41) is 6.56. The van der Waals surface area contributed by atoms with Gasteiger partial charge >= 0.3 is 12.1 Å². The molecule has 2 aromatic rings. The second-order valence-electron chi connectivity index (χ2n) is 6.05. The maximum atomic E-state index is 12.8. The summed E-state index contributed by atoms with van der Waals surface area (Å²) in [6.45, 7) is 0.710. The molecular weight excluding hydrogens is 367 g/mol. The van der Waals surface area contributed by atoms with Gasteiger partial charge in [-0.05, 0) is 25.0 Å². The summed E-state index contributed by atoms with van der Waals surface area (Å²) >= 11 is 0. The molecule has 1 fully saturated rings. The lowest BCUT2D eigenvalue weighted by Gasteiger charge is -2.31. The van der Waals surface area contributed by atoms with Gasteiger partial charge in [-0.3, -0.25) is 4.79 Å². The predicted molar refractivity (Wildman–Crippen MR) is 86.7 cm³/mol. The lowest BCUT2D eigenvalue weighted by molar-refractivity contribution is -0.157. The van der Waals surface area contributed by atoms with Crippen molar-refractivity contribution in [2.24, 2.45) is 0 Å². The maximum Gasteiger partial charge on any atom is 0.470 e. The lowest BCUT2D eigenvalue weighted by Crippen LogP contribution is -2.38. The standard InChI is InChI=1S/C17H18F3N3O4/c1-25-12-5-3-4-11(13(12)26-2)15(24)23-8-6-10(7-9-23)14-21-22-16(27-14)17(18,19)20/h3-5,10H,6-9H2,1-2H3. The molecular formula is C17H18F3N3O4. The first-order chi connectivity index (χ1) is 12.8. The number of likely N-dealkylation sites (tertiary alicyclic amines) is 1. The van der Waals surface area contributed by atoms with Crippen LogP contribution in [0.1, 0.15) is 40.9 Å². The summed E-state index contributed by atoms with van der Waals surface area (Å²) in [4.78, 5) is 14.4. The Balaban J connectivity index is 1.69. The van der Waals surface area contributed by atoms with Crippen molar-refractivity contribution in [2.75, 3.05) is 27.3 Å². The van der Waals surface area contributed by atoms with Crippen molar-refractivity contribution in [1.82, 2.24) is 15.1 Å². The molecule has 0 spiro atoms. The molecule has 1 saturated heterocycles. The number of hydrogen-bond donors (Lipinski definition) is 0. The highest BCUT2D eigenvalue weighted by Crippen LogP contribution is 2.35. The quantitative estimate of drug-likeness (QED) is 0.805.